The minimum atomic E-state index is -0.800. The zero-order chi connectivity index (χ0) is 13.8. The van der Waals surface area contributed by atoms with E-state index in [4.69, 9.17) is 5.26 Å². The van der Waals surface area contributed by atoms with E-state index < -0.39 is 11.1 Å². The van der Waals surface area contributed by atoms with Crippen LogP contribution in [0.2, 0.25) is 0 Å². The van der Waals surface area contributed by atoms with Gasteiger partial charge in [0.1, 0.15) is 11.6 Å². The fraction of sp³-hybridized carbons (Fsp3) is 0. The molecule has 0 spiro atoms. The number of hydrogen-bond acceptors (Lipinski definition) is 3. The summed E-state index contributed by atoms with van der Waals surface area (Å²) in [5, 5.41) is 7.89. The van der Waals surface area contributed by atoms with Gasteiger partial charge in [-0.25, -0.2) is 9.18 Å². The van der Waals surface area contributed by atoms with Crippen molar-refractivity contribution in [1.29, 1.82) is 5.26 Å². The van der Waals surface area contributed by atoms with Crippen LogP contribution in [0, 0.1) is 17.1 Å². The van der Waals surface area contributed by atoms with Gasteiger partial charge >= 0.3 is 5.30 Å². The minimum absolute atomic E-state index is 0.0925. The molecule has 5 heteroatoms. The Morgan fingerprint density at radius 1 is 1.21 bits per heavy atom. The summed E-state index contributed by atoms with van der Waals surface area (Å²) in [5.74, 6) is -0.424. The largest absolute Gasteiger partial charge is 0.418 e. The highest BCUT2D eigenvalue weighted by atomic mass is 32.1. The van der Waals surface area contributed by atoms with Crippen molar-refractivity contribution < 1.29 is 13.9 Å². The molecular formula is C14H8FNO2S. The predicted octanol–water partition coefficient (Wildman–Crippen LogP) is 3.79. The number of thiol groups is 1. The molecule has 0 aliphatic carbocycles. The van der Waals surface area contributed by atoms with Crippen molar-refractivity contribution in [2.45, 2.75) is 0 Å². The van der Waals surface area contributed by atoms with Gasteiger partial charge in [-0.15, -0.1) is 0 Å². The molecule has 0 aromatic heterocycles. The third-order valence-electron chi connectivity index (χ3n) is 2.47. The van der Waals surface area contributed by atoms with Crippen LogP contribution in [0.5, 0.6) is 5.75 Å². The highest BCUT2D eigenvalue weighted by Gasteiger charge is 2.08. The van der Waals surface area contributed by atoms with Crippen molar-refractivity contribution >= 4 is 17.9 Å². The van der Waals surface area contributed by atoms with Crippen molar-refractivity contribution in [1.82, 2.24) is 0 Å². The molecular weight excluding hydrogens is 265 g/mol. The van der Waals surface area contributed by atoms with Crippen LogP contribution in [0.15, 0.2) is 42.5 Å². The second-order valence-corrected chi connectivity index (χ2v) is 4.06. The number of halogens is 1. The van der Waals surface area contributed by atoms with Crippen LogP contribution in [-0.4, -0.2) is 5.30 Å². The SMILES string of the molecule is N#Cc1ccc(-c2ccc(OC(=O)S)cc2F)cc1. The first kappa shape index (κ1) is 13.1. The normalized spacial score (nSPS) is 9.74. The summed E-state index contributed by atoms with van der Waals surface area (Å²) in [6.45, 7) is 0. The third kappa shape index (κ3) is 3.12. The van der Waals surface area contributed by atoms with Gasteiger partial charge in [0, 0.05) is 11.6 Å². The van der Waals surface area contributed by atoms with Gasteiger partial charge in [-0.3, -0.25) is 0 Å². The van der Waals surface area contributed by atoms with Gasteiger partial charge in [-0.2, -0.15) is 5.26 Å². The standard InChI is InChI=1S/C14H8FNO2S/c15-13-7-11(18-14(17)19)5-6-12(13)10-3-1-9(8-16)2-4-10/h1-7H,(H,17,19). The van der Waals surface area contributed by atoms with Crippen LogP contribution in [0.1, 0.15) is 5.56 Å². The lowest BCUT2D eigenvalue weighted by Crippen LogP contribution is -1.97. The molecule has 0 radical (unpaired) electrons. The molecule has 2 aromatic carbocycles. The van der Waals surface area contributed by atoms with Gasteiger partial charge < -0.3 is 4.74 Å². The van der Waals surface area contributed by atoms with E-state index in [9.17, 15) is 9.18 Å². The highest BCUT2D eigenvalue weighted by molar-refractivity contribution is 7.96. The molecule has 0 aliphatic heterocycles. The van der Waals surface area contributed by atoms with E-state index in [2.05, 4.69) is 17.4 Å². The fourth-order valence-electron chi connectivity index (χ4n) is 1.62. The average molecular weight is 273 g/mol. The number of nitrogens with zero attached hydrogens (tertiary/aromatic N) is 1. The molecule has 0 atom stereocenters. The second kappa shape index (κ2) is 5.55. The van der Waals surface area contributed by atoms with E-state index in [0.717, 1.165) is 6.07 Å². The summed E-state index contributed by atoms with van der Waals surface area (Å²) in [6.07, 6.45) is 0. The molecule has 0 saturated heterocycles. The Balaban J connectivity index is 2.34. The number of benzene rings is 2. The summed E-state index contributed by atoms with van der Waals surface area (Å²) in [4.78, 5) is 10.6. The van der Waals surface area contributed by atoms with E-state index in [-0.39, 0.29) is 5.75 Å². The van der Waals surface area contributed by atoms with Crippen molar-refractivity contribution in [2.75, 3.05) is 0 Å². The summed E-state index contributed by atoms with van der Waals surface area (Å²) < 4.78 is 18.6. The Hall–Kier alpha value is -2.32. The van der Waals surface area contributed by atoms with E-state index >= 15 is 0 Å². The number of nitriles is 1. The molecule has 2 aromatic rings. The minimum Gasteiger partial charge on any atom is -0.418 e. The molecule has 0 saturated carbocycles. The van der Waals surface area contributed by atoms with Gasteiger partial charge in [0.2, 0.25) is 0 Å². The maximum Gasteiger partial charge on any atom is 0.369 e. The maximum absolute atomic E-state index is 13.9. The summed E-state index contributed by atoms with van der Waals surface area (Å²) in [5.41, 5.74) is 1.51. The van der Waals surface area contributed by atoms with Crippen LogP contribution < -0.4 is 4.74 Å². The molecule has 0 bridgehead atoms. The van der Waals surface area contributed by atoms with E-state index in [0.29, 0.717) is 16.7 Å². The fourth-order valence-corrected chi connectivity index (χ4v) is 1.72. The van der Waals surface area contributed by atoms with Crippen molar-refractivity contribution in [3.63, 3.8) is 0 Å². The Morgan fingerprint density at radius 2 is 1.89 bits per heavy atom. The van der Waals surface area contributed by atoms with Gasteiger partial charge in [0.15, 0.2) is 0 Å². The molecule has 0 fully saturated rings. The molecule has 19 heavy (non-hydrogen) atoms. The zero-order valence-electron chi connectivity index (χ0n) is 9.63. The van der Waals surface area contributed by atoms with Crippen molar-refractivity contribution in [2.24, 2.45) is 0 Å². The molecule has 2 rings (SSSR count). The summed E-state index contributed by atoms with van der Waals surface area (Å²) >= 11 is 3.45. The smallest absolute Gasteiger partial charge is 0.369 e. The first-order chi connectivity index (χ1) is 9.10. The van der Waals surface area contributed by atoms with Gasteiger partial charge in [0.05, 0.1) is 11.6 Å². The first-order valence-corrected chi connectivity index (χ1v) is 5.76. The lowest BCUT2D eigenvalue weighted by atomic mass is 10.0. The Labute approximate surface area is 114 Å². The van der Waals surface area contributed by atoms with Crippen molar-refractivity contribution in [3.8, 4) is 22.9 Å². The molecule has 0 amide bonds. The van der Waals surface area contributed by atoms with E-state index in [1.165, 1.54) is 12.1 Å². The summed E-state index contributed by atoms with van der Waals surface area (Å²) in [7, 11) is 0. The Morgan fingerprint density at radius 3 is 2.42 bits per heavy atom. The molecule has 3 nitrogen and oxygen atoms in total. The Bertz CT molecular complexity index is 662. The Kier molecular flexibility index (Phi) is 3.83. The van der Waals surface area contributed by atoms with Crippen LogP contribution in [0.4, 0.5) is 9.18 Å². The monoisotopic (exact) mass is 273 g/mol. The number of carbonyl (C=O) groups is 1. The quantitative estimate of drug-likeness (QED) is 0.669. The van der Waals surface area contributed by atoms with Gasteiger partial charge in [-0.1, -0.05) is 24.8 Å². The van der Waals surface area contributed by atoms with Crippen LogP contribution in [0.25, 0.3) is 11.1 Å². The highest BCUT2D eigenvalue weighted by Crippen LogP contribution is 2.26. The van der Waals surface area contributed by atoms with Crippen LogP contribution in [-0.2, 0) is 0 Å². The van der Waals surface area contributed by atoms with Gasteiger partial charge in [0.25, 0.3) is 0 Å². The third-order valence-corrected chi connectivity index (χ3v) is 2.56. The van der Waals surface area contributed by atoms with Crippen LogP contribution in [0.3, 0.4) is 0 Å². The van der Waals surface area contributed by atoms with E-state index in [1.807, 2.05) is 6.07 Å². The number of ether oxygens (including phenoxy) is 1. The lowest BCUT2D eigenvalue weighted by Gasteiger charge is -2.06. The second-order valence-electron chi connectivity index (χ2n) is 3.70. The number of hydrogen-bond donors (Lipinski definition) is 1. The topological polar surface area (TPSA) is 50.1 Å². The number of carbonyl (C=O) groups excluding carboxylic acids is 1. The first-order valence-electron chi connectivity index (χ1n) is 5.31. The molecule has 0 N–H and O–H groups in total. The average Bonchev–Trinajstić information content (AvgIpc) is 2.38. The zero-order valence-corrected chi connectivity index (χ0v) is 10.5. The lowest BCUT2D eigenvalue weighted by molar-refractivity contribution is 0.227. The molecule has 0 aliphatic rings. The van der Waals surface area contributed by atoms with E-state index in [1.54, 1.807) is 24.3 Å². The molecule has 0 heterocycles. The van der Waals surface area contributed by atoms with Crippen LogP contribution >= 0.6 is 12.6 Å². The predicted molar refractivity (Wildman–Crippen MR) is 71.6 cm³/mol. The van der Waals surface area contributed by atoms with Gasteiger partial charge in [-0.05, 0) is 29.8 Å². The maximum atomic E-state index is 13.9. The molecule has 0 unspecified atom stereocenters. The molecule has 94 valence electrons. The summed E-state index contributed by atoms with van der Waals surface area (Å²) in [6, 6.07) is 12.6. The van der Waals surface area contributed by atoms with Crippen molar-refractivity contribution in [3.05, 3.63) is 53.8 Å². The number of rotatable bonds is 2.